The molecule has 0 heterocycles. The summed E-state index contributed by atoms with van der Waals surface area (Å²) >= 11 is 0. The molecule has 0 saturated heterocycles. The van der Waals surface area contributed by atoms with Crippen molar-refractivity contribution in [2.24, 2.45) is 0 Å². The van der Waals surface area contributed by atoms with Crippen LogP contribution in [0.3, 0.4) is 0 Å². The van der Waals surface area contributed by atoms with Gasteiger partial charge in [-0.15, -0.1) is 0 Å². The van der Waals surface area contributed by atoms with Gasteiger partial charge in [0, 0.05) is 12.8 Å². The zero-order chi connectivity index (χ0) is 29.4. The molecular formula is C32H33N2O7P. The summed E-state index contributed by atoms with van der Waals surface area (Å²) in [5.41, 5.74) is 3.31. The van der Waals surface area contributed by atoms with Gasteiger partial charge in [-0.2, -0.15) is 0 Å². The van der Waals surface area contributed by atoms with E-state index in [1.54, 1.807) is 0 Å². The van der Waals surface area contributed by atoms with Gasteiger partial charge in [-0.1, -0.05) is 121 Å². The zero-order valence-electron chi connectivity index (χ0n) is 22.9. The van der Waals surface area contributed by atoms with E-state index in [4.69, 9.17) is 18.5 Å². The van der Waals surface area contributed by atoms with Gasteiger partial charge in [-0.3, -0.25) is 24.2 Å². The van der Waals surface area contributed by atoms with Crippen molar-refractivity contribution in [3.05, 3.63) is 144 Å². The third kappa shape index (κ3) is 11.2. The topological polar surface area (TPSA) is 112 Å². The van der Waals surface area contributed by atoms with Crippen molar-refractivity contribution in [3.63, 3.8) is 0 Å². The molecule has 4 aromatic rings. The number of nitrogens with one attached hydrogen (secondary N) is 2. The molecule has 10 heteroatoms. The van der Waals surface area contributed by atoms with Crippen LogP contribution in [-0.4, -0.2) is 24.6 Å². The quantitative estimate of drug-likeness (QED) is 0.130. The number of carbonyl (C=O) groups excluding carboxylic acids is 2. The van der Waals surface area contributed by atoms with Crippen LogP contribution in [0.2, 0.25) is 0 Å². The van der Waals surface area contributed by atoms with Crippen LogP contribution in [0.25, 0.3) is 0 Å². The minimum absolute atomic E-state index is 0.0601. The van der Waals surface area contributed by atoms with Crippen LogP contribution in [0, 0.1) is 0 Å². The van der Waals surface area contributed by atoms with Gasteiger partial charge in [0.15, 0.2) is 0 Å². The number of alkyl carbamates (subject to hydrolysis) is 2. The molecule has 42 heavy (non-hydrogen) atoms. The van der Waals surface area contributed by atoms with Crippen molar-refractivity contribution in [2.75, 3.05) is 0 Å². The molecule has 0 bridgehead atoms. The maximum absolute atomic E-state index is 13.1. The fourth-order valence-corrected chi connectivity index (χ4v) is 4.76. The molecule has 0 aliphatic carbocycles. The first-order valence-electron chi connectivity index (χ1n) is 13.4. The van der Waals surface area contributed by atoms with Crippen LogP contribution in [0.5, 0.6) is 0 Å². The highest BCUT2D eigenvalue weighted by molar-refractivity contribution is 7.33. The lowest BCUT2D eigenvalue weighted by molar-refractivity contribution is 0.0764. The largest absolute Gasteiger partial charge is 0.445 e. The Hall–Kier alpha value is -4.43. The van der Waals surface area contributed by atoms with Crippen molar-refractivity contribution < 1.29 is 32.7 Å². The van der Waals surface area contributed by atoms with Gasteiger partial charge in [-0.05, 0) is 22.3 Å². The van der Waals surface area contributed by atoms with Crippen LogP contribution < -0.4 is 10.6 Å². The molecular weight excluding hydrogens is 555 g/mol. The van der Waals surface area contributed by atoms with E-state index in [1.165, 1.54) is 0 Å². The molecule has 0 aromatic heterocycles. The fourth-order valence-electron chi connectivity index (χ4n) is 3.95. The Kier molecular flexibility index (Phi) is 12.2. The predicted octanol–water partition coefficient (Wildman–Crippen LogP) is 6.40. The minimum atomic E-state index is -3.24. The van der Waals surface area contributed by atoms with Crippen molar-refractivity contribution in [1.82, 2.24) is 10.6 Å². The summed E-state index contributed by atoms with van der Waals surface area (Å²) in [6.45, 7) is 0.120. The first kappa shape index (κ1) is 30.5. The third-order valence-corrected chi connectivity index (χ3v) is 6.94. The Morgan fingerprint density at radius 1 is 0.524 bits per heavy atom. The standard InChI is InChI=1S/C32H33N2O7P/c35-31(38-23-27-17-9-3-10-18-27)33-29(21-25-13-5-1-6-14-25)40-42(37)41-30(22-26-15-7-2-8-16-26)34-32(36)39-24-28-19-11-4-12-20-28/h1-20,29-30,42H,21-24H2,(H,33,35)(H,34,36). The molecule has 4 aromatic carbocycles. The summed E-state index contributed by atoms with van der Waals surface area (Å²) in [7, 11) is -3.24. The molecule has 0 spiro atoms. The number of rotatable bonds is 14. The highest BCUT2D eigenvalue weighted by atomic mass is 31.1. The molecule has 0 saturated carbocycles. The molecule has 0 fully saturated rings. The smallest absolute Gasteiger partial charge is 0.409 e. The molecule has 218 valence electrons. The summed E-state index contributed by atoms with van der Waals surface area (Å²) in [5.74, 6) is 0. The lowest BCUT2D eigenvalue weighted by atomic mass is 10.1. The molecule has 0 aliphatic heterocycles. The maximum Gasteiger partial charge on any atom is 0.409 e. The first-order valence-corrected chi connectivity index (χ1v) is 14.7. The van der Waals surface area contributed by atoms with E-state index in [0.29, 0.717) is 0 Å². The molecule has 2 unspecified atom stereocenters. The molecule has 4 rings (SSSR count). The summed E-state index contributed by atoms with van der Waals surface area (Å²) < 4.78 is 35.1. The Labute approximate surface area is 245 Å². The fraction of sp³-hybridized carbons (Fsp3) is 0.188. The highest BCUT2D eigenvalue weighted by Crippen LogP contribution is 2.29. The maximum atomic E-state index is 13.1. The molecule has 9 nitrogen and oxygen atoms in total. The highest BCUT2D eigenvalue weighted by Gasteiger charge is 2.22. The number of ether oxygens (including phenoxy) is 2. The van der Waals surface area contributed by atoms with Crippen LogP contribution in [0.4, 0.5) is 9.59 Å². The molecule has 0 radical (unpaired) electrons. The number of hydrogen-bond donors (Lipinski definition) is 2. The monoisotopic (exact) mass is 588 g/mol. The predicted molar refractivity (Wildman–Crippen MR) is 159 cm³/mol. The van der Waals surface area contributed by atoms with E-state index in [-0.39, 0.29) is 26.1 Å². The Morgan fingerprint density at radius 2 is 0.833 bits per heavy atom. The second-order valence-corrected chi connectivity index (χ2v) is 10.2. The Morgan fingerprint density at radius 3 is 1.17 bits per heavy atom. The van der Waals surface area contributed by atoms with E-state index in [1.807, 2.05) is 121 Å². The molecule has 2 amide bonds. The van der Waals surface area contributed by atoms with Crippen LogP contribution in [-0.2, 0) is 49.1 Å². The van der Waals surface area contributed by atoms with Crippen molar-refractivity contribution in [2.45, 2.75) is 38.5 Å². The van der Waals surface area contributed by atoms with Crippen molar-refractivity contribution in [1.29, 1.82) is 0 Å². The average Bonchev–Trinajstić information content (AvgIpc) is 3.01. The minimum Gasteiger partial charge on any atom is -0.445 e. The van der Waals surface area contributed by atoms with E-state index >= 15 is 0 Å². The second kappa shape index (κ2) is 16.7. The molecule has 2 N–H and O–H groups in total. The lowest BCUT2D eigenvalue weighted by Crippen LogP contribution is -2.39. The first-order chi connectivity index (χ1) is 20.5. The normalized spacial score (nSPS) is 12.9. The van der Waals surface area contributed by atoms with E-state index in [9.17, 15) is 14.2 Å². The number of amides is 2. The number of carbonyl (C=O) groups is 2. The summed E-state index contributed by atoms with van der Waals surface area (Å²) in [5, 5.41) is 5.24. The van der Waals surface area contributed by atoms with E-state index in [0.717, 1.165) is 22.3 Å². The van der Waals surface area contributed by atoms with Gasteiger partial charge in [0.2, 0.25) is 0 Å². The summed E-state index contributed by atoms with van der Waals surface area (Å²) in [6.07, 6.45) is -3.11. The Balaban J connectivity index is 1.38. The van der Waals surface area contributed by atoms with Crippen LogP contribution >= 0.6 is 8.25 Å². The number of hydrogen-bond acceptors (Lipinski definition) is 7. The van der Waals surface area contributed by atoms with E-state index < -0.39 is 32.9 Å². The third-order valence-electron chi connectivity index (χ3n) is 5.99. The summed E-state index contributed by atoms with van der Waals surface area (Å²) in [4.78, 5) is 25.2. The SMILES string of the molecule is O=C(NC(Cc1ccccc1)O[PH](=O)OC(Cc1ccccc1)NC(=O)OCc1ccccc1)OCc1ccccc1. The molecule has 2 atom stereocenters. The number of benzene rings is 4. The second-order valence-electron chi connectivity index (χ2n) is 9.25. The Bertz CT molecular complexity index is 1290. The van der Waals surface area contributed by atoms with Gasteiger partial charge >= 0.3 is 20.4 Å². The van der Waals surface area contributed by atoms with Crippen molar-refractivity contribution >= 4 is 20.4 Å². The lowest BCUT2D eigenvalue weighted by Gasteiger charge is -2.22. The van der Waals surface area contributed by atoms with E-state index in [2.05, 4.69) is 10.6 Å². The van der Waals surface area contributed by atoms with Crippen LogP contribution in [0.1, 0.15) is 22.3 Å². The van der Waals surface area contributed by atoms with Crippen molar-refractivity contribution in [3.8, 4) is 0 Å². The summed E-state index contributed by atoms with van der Waals surface area (Å²) in [6, 6.07) is 37.0. The van der Waals surface area contributed by atoms with Gasteiger partial charge in [0.1, 0.15) is 25.7 Å². The van der Waals surface area contributed by atoms with Gasteiger partial charge in [0.05, 0.1) is 0 Å². The average molecular weight is 589 g/mol. The molecule has 0 aliphatic rings. The zero-order valence-corrected chi connectivity index (χ0v) is 23.9. The van der Waals surface area contributed by atoms with Gasteiger partial charge in [-0.25, -0.2) is 9.59 Å². The van der Waals surface area contributed by atoms with Crippen LogP contribution in [0.15, 0.2) is 121 Å². The van der Waals surface area contributed by atoms with Gasteiger partial charge in [0.25, 0.3) is 0 Å². The van der Waals surface area contributed by atoms with Gasteiger partial charge < -0.3 is 9.47 Å².